The Balaban J connectivity index is 2.25. The smallest absolute Gasteiger partial charge is 0.0727 e. The lowest BCUT2D eigenvalue weighted by Crippen LogP contribution is -1.89. The third-order valence-electron chi connectivity index (χ3n) is 2.89. The Bertz CT molecular complexity index is 534. The first kappa shape index (κ1) is 10.1. The maximum absolute atomic E-state index is 5.68. The molecule has 3 rings (SSSR count). The molecule has 1 nitrogen and oxygen atoms in total. The first-order chi connectivity index (χ1) is 7.84. The molecule has 0 aromatic heterocycles. The Kier molecular flexibility index (Phi) is 2.54. The summed E-state index contributed by atoms with van der Waals surface area (Å²) in [5.41, 5.74) is 5.10. The highest BCUT2D eigenvalue weighted by Gasteiger charge is 2.13. The molecule has 0 spiro atoms. The zero-order valence-electron chi connectivity index (χ0n) is 8.74. The predicted octanol–water partition coefficient (Wildman–Crippen LogP) is 4.15. The highest BCUT2D eigenvalue weighted by atomic mass is 79.9. The Morgan fingerprint density at radius 2 is 1.62 bits per heavy atom. The number of ether oxygens (including phenoxy) is 1. The van der Waals surface area contributed by atoms with Crippen LogP contribution in [0.4, 0.5) is 0 Å². The Labute approximate surface area is 103 Å². The van der Waals surface area contributed by atoms with Crippen LogP contribution in [0.2, 0.25) is 0 Å². The molecule has 80 valence electrons. The van der Waals surface area contributed by atoms with Gasteiger partial charge in [-0.1, -0.05) is 46.3 Å². The van der Waals surface area contributed by atoms with Crippen molar-refractivity contribution in [2.45, 2.75) is 13.2 Å². The summed E-state index contributed by atoms with van der Waals surface area (Å²) in [5.74, 6) is 0. The van der Waals surface area contributed by atoms with Crippen LogP contribution in [-0.2, 0) is 18.0 Å². The minimum atomic E-state index is 0.684. The van der Waals surface area contributed by atoms with E-state index < -0.39 is 0 Å². The van der Waals surface area contributed by atoms with Gasteiger partial charge in [-0.2, -0.15) is 0 Å². The van der Waals surface area contributed by atoms with E-state index in [2.05, 4.69) is 58.4 Å². The summed E-state index contributed by atoms with van der Waals surface area (Å²) in [5, 5.41) is 0. The standard InChI is InChI=1S/C14H11BrO/c15-12-5-6-14-11(7-12)9-16-8-10-3-1-2-4-13(10)14/h1-7H,8-9H2. The minimum absolute atomic E-state index is 0.684. The van der Waals surface area contributed by atoms with Crippen LogP contribution in [0.5, 0.6) is 0 Å². The molecule has 2 aromatic rings. The number of hydrogen-bond acceptors (Lipinski definition) is 1. The summed E-state index contributed by atoms with van der Waals surface area (Å²) >= 11 is 3.50. The highest BCUT2D eigenvalue weighted by molar-refractivity contribution is 9.10. The topological polar surface area (TPSA) is 9.23 Å². The second-order valence-corrected chi connectivity index (χ2v) is 4.87. The van der Waals surface area contributed by atoms with Gasteiger partial charge in [0.25, 0.3) is 0 Å². The Morgan fingerprint density at radius 1 is 0.875 bits per heavy atom. The number of halogens is 1. The van der Waals surface area contributed by atoms with Crippen molar-refractivity contribution in [2.24, 2.45) is 0 Å². The van der Waals surface area contributed by atoms with Crippen molar-refractivity contribution in [1.82, 2.24) is 0 Å². The first-order valence-electron chi connectivity index (χ1n) is 5.29. The molecule has 2 aromatic carbocycles. The van der Waals surface area contributed by atoms with E-state index >= 15 is 0 Å². The van der Waals surface area contributed by atoms with Crippen LogP contribution in [0.3, 0.4) is 0 Å². The lowest BCUT2D eigenvalue weighted by molar-refractivity contribution is 0.110. The average molecular weight is 275 g/mol. The van der Waals surface area contributed by atoms with Crippen molar-refractivity contribution in [2.75, 3.05) is 0 Å². The molecule has 2 heteroatoms. The van der Waals surface area contributed by atoms with E-state index in [4.69, 9.17) is 4.74 Å². The fourth-order valence-electron chi connectivity index (χ4n) is 2.12. The number of rotatable bonds is 0. The molecule has 0 amide bonds. The molecule has 16 heavy (non-hydrogen) atoms. The molecule has 1 heterocycles. The van der Waals surface area contributed by atoms with E-state index in [1.54, 1.807) is 0 Å². The van der Waals surface area contributed by atoms with Gasteiger partial charge in [0.1, 0.15) is 0 Å². The maximum atomic E-state index is 5.68. The molecule has 0 fully saturated rings. The van der Waals surface area contributed by atoms with Crippen LogP contribution in [-0.4, -0.2) is 0 Å². The van der Waals surface area contributed by atoms with Gasteiger partial charge in [0.2, 0.25) is 0 Å². The van der Waals surface area contributed by atoms with Crippen LogP contribution >= 0.6 is 15.9 Å². The SMILES string of the molecule is Brc1ccc2c(c1)COCc1ccccc1-2. The molecule has 0 radical (unpaired) electrons. The fourth-order valence-corrected chi connectivity index (χ4v) is 2.53. The van der Waals surface area contributed by atoms with Gasteiger partial charge in [0.15, 0.2) is 0 Å². The minimum Gasteiger partial charge on any atom is -0.372 e. The number of fused-ring (bicyclic) bond motifs is 3. The molecule has 0 N–H and O–H groups in total. The highest BCUT2D eigenvalue weighted by Crippen LogP contribution is 2.32. The van der Waals surface area contributed by atoms with Gasteiger partial charge in [-0.05, 0) is 34.4 Å². The Hall–Kier alpha value is -1.12. The van der Waals surface area contributed by atoms with E-state index in [0.29, 0.717) is 13.2 Å². The second kappa shape index (κ2) is 4.04. The first-order valence-corrected chi connectivity index (χ1v) is 6.08. The van der Waals surface area contributed by atoms with E-state index in [1.807, 2.05) is 0 Å². The van der Waals surface area contributed by atoms with Crippen LogP contribution in [0.1, 0.15) is 11.1 Å². The van der Waals surface area contributed by atoms with E-state index in [-0.39, 0.29) is 0 Å². The van der Waals surface area contributed by atoms with Crippen molar-refractivity contribution in [3.05, 3.63) is 58.1 Å². The van der Waals surface area contributed by atoms with Gasteiger partial charge in [-0.15, -0.1) is 0 Å². The molecule has 0 unspecified atom stereocenters. The summed E-state index contributed by atoms with van der Waals surface area (Å²) in [4.78, 5) is 0. The summed E-state index contributed by atoms with van der Waals surface area (Å²) in [6.45, 7) is 1.38. The quantitative estimate of drug-likeness (QED) is 0.702. The lowest BCUT2D eigenvalue weighted by atomic mass is 9.97. The molecule has 0 bridgehead atoms. The zero-order valence-corrected chi connectivity index (χ0v) is 10.3. The maximum Gasteiger partial charge on any atom is 0.0727 e. The molecule has 1 aliphatic rings. The molecular formula is C14H11BrO. The normalized spacial score (nSPS) is 13.8. The van der Waals surface area contributed by atoms with Gasteiger partial charge in [0, 0.05) is 4.47 Å². The van der Waals surface area contributed by atoms with Crippen molar-refractivity contribution in [3.8, 4) is 11.1 Å². The predicted molar refractivity (Wildman–Crippen MR) is 68.1 cm³/mol. The monoisotopic (exact) mass is 274 g/mol. The molecule has 0 saturated heterocycles. The van der Waals surface area contributed by atoms with Crippen LogP contribution in [0, 0.1) is 0 Å². The van der Waals surface area contributed by atoms with Crippen molar-refractivity contribution < 1.29 is 4.74 Å². The van der Waals surface area contributed by atoms with Crippen molar-refractivity contribution >= 4 is 15.9 Å². The summed E-state index contributed by atoms with van der Waals surface area (Å²) in [6, 6.07) is 14.8. The number of hydrogen-bond donors (Lipinski definition) is 0. The van der Waals surface area contributed by atoms with E-state index in [1.165, 1.54) is 22.3 Å². The average Bonchev–Trinajstić information content (AvgIpc) is 2.47. The van der Waals surface area contributed by atoms with Gasteiger partial charge in [-0.25, -0.2) is 0 Å². The van der Waals surface area contributed by atoms with Gasteiger partial charge < -0.3 is 4.74 Å². The molecule has 1 aliphatic heterocycles. The third kappa shape index (κ3) is 1.68. The largest absolute Gasteiger partial charge is 0.372 e. The summed E-state index contributed by atoms with van der Waals surface area (Å²) in [6.07, 6.45) is 0. The second-order valence-electron chi connectivity index (χ2n) is 3.95. The van der Waals surface area contributed by atoms with E-state index in [0.717, 1.165) is 4.47 Å². The van der Waals surface area contributed by atoms with E-state index in [9.17, 15) is 0 Å². The molecule has 0 aliphatic carbocycles. The fraction of sp³-hybridized carbons (Fsp3) is 0.143. The molecule has 0 atom stereocenters. The van der Waals surface area contributed by atoms with Gasteiger partial charge >= 0.3 is 0 Å². The summed E-state index contributed by atoms with van der Waals surface area (Å²) < 4.78 is 6.79. The molecular weight excluding hydrogens is 264 g/mol. The van der Waals surface area contributed by atoms with Crippen LogP contribution < -0.4 is 0 Å². The van der Waals surface area contributed by atoms with Gasteiger partial charge in [-0.3, -0.25) is 0 Å². The van der Waals surface area contributed by atoms with Crippen molar-refractivity contribution in [1.29, 1.82) is 0 Å². The van der Waals surface area contributed by atoms with Gasteiger partial charge in [0.05, 0.1) is 13.2 Å². The third-order valence-corrected chi connectivity index (χ3v) is 3.38. The molecule has 0 saturated carbocycles. The Morgan fingerprint density at radius 3 is 2.56 bits per heavy atom. The van der Waals surface area contributed by atoms with Crippen LogP contribution in [0.25, 0.3) is 11.1 Å². The lowest BCUT2D eigenvalue weighted by Gasteiger charge is -2.08. The zero-order chi connectivity index (χ0) is 11.0. The summed E-state index contributed by atoms with van der Waals surface area (Å²) in [7, 11) is 0. The van der Waals surface area contributed by atoms with Crippen LogP contribution in [0.15, 0.2) is 46.9 Å². The van der Waals surface area contributed by atoms with Crippen molar-refractivity contribution in [3.63, 3.8) is 0 Å². The number of benzene rings is 2.